The van der Waals surface area contributed by atoms with Crippen LogP contribution in [0.15, 0.2) is 82.8 Å². The second-order valence-corrected chi connectivity index (χ2v) is 7.41. The van der Waals surface area contributed by atoms with E-state index in [1.165, 1.54) is 23.5 Å². The summed E-state index contributed by atoms with van der Waals surface area (Å²) in [5, 5.41) is 5.88. The number of anilines is 1. The Morgan fingerprint density at radius 1 is 0.967 bits per heavy atom. The fraction of sp³-hybridized carbons (Fsp3) is 0. The van der Waals surface area contributed by atoms with Crippen molar-refractivity contribution in [3.8, 4) is 22.7 Å². The summed E-state index contributed by atoms with van der Waals surface area (Å²) in [6.07, 6.45) is 1.57. The summed E-state index contributed by atoms with van der Waals surface area (Å²) in [5.41, 5.74) is 3.21. The molecule has 2 aromatic carbocycles. The SMILES string of the molecule is O=C(Nc1nc(-c2ccc(F)cc2)cs1)c1cc(-c2ccco2)nc2ccccc12. The van der Waals surface area contributed by atoms with Gasteiger partial charge in [0.25, 0.3) is 5.91 Å². The zero-order valence-corrected chi connectivity index (χ0v) is 16.3. The summed E-state index contributed by atoms with van der Waals surface area (Å²) in [4.78, 5) is 22.1. The molecule has 0 aliphatic heterocycles. The zero-order chi connectivity index (χ0) is 20.5. The maximum Gasteiger partial charge on any atom is 0.258 e. The van der Waals surface area contributed by atoms with E-state index in [9.17, 15) is 9.18 Å². The van der Waals surface area contributed by atoms with Gasteiger partial charge in [-0.25, -0.2) is 14.4 Å². The van der Waals surface area contributed by atoms with Gasteiger partial charge in [-0.1, -0.05) is 18.2 Å². The van der Waals surface area contributed by atoms with Gasteiger partial charge in [-0.2, -0.15) is 0 Å². The first-order valence-electron chi connectivity index (χ1n) is 9.14. The van der Waals surface area contributed by atoms with Gasteiger partial charge < -0.3 is 4.42 Å². The molecule has 5 aromatic rings. The van der Waals surface area contributed by atoms with E-state index >= 15 is 0 Å². The molecule has 0 bridgehead atoms. The molecule has 30 heavy (non-hydrogen) atoms. The van der Waals surface area contributed by atoms with Crippen LogP contribution < -0.4 is 5.32 Å². The highest BCUT2D eigenvalue weighted by molar-refractivity contribution is 7.14. The molecule has 3 heterocycles. The number of nitrogens with one attached hydrogen (secondary N) is 1. The molecule has 5 rings (SSSR count). The van der Waals surface area contributed by atoms with E-state index in [1.807, 2.05) is 29.6 Å². The molecule has 7 heteroatoms. The number of fused-ring (bicyclic) bond motifs is 1. The van der Waals surface area contributed by atoms with E-state index in [2.05, 4.69) is 15.3 Å². The van der Waals surface area contributed by atoms with Crippen LogP contribution in [-0.4, -0.2) is 15.9 Å². The molecule has 0 saturated carbocycles. The van der Waals surface area contributed by atoms with Crippen molar-refractivity contribution < 1.29 is 13.6 Å². The van der Waals surface area contributed by atoms with E-state index in [1.54, 1.807) is 36.6 Å². The van der Waals surface area contributed by atoms with Gasteiger partial charge in [-0.3, -0.25) is 10.1 Å². The third-order valence-electron chi connectivity index (χ3n) is 4.60. The third kappa shape index (κ3) is 3.46. The molecular weight excluding hydrogens is 401 g/mol. The quantitative estimate of drug-likeness (QED) is 0.390. The zero-order valence-electron chi connectivity index (χ0n) is 15.5. The predicted molar refractivity (Wildman–Crippen MR) is 115 cm³/mol. The van der Waals surface area contributed by atoms with Crippen molar-refractivity contribution in [3.63, 3.8) is 0 Å². The van der Waals surface area contributed by atoms with Crippen LogP contribution in [-0.2, 0) is 0 Å². The van der Waals surface area contributed by atoms with Crippen molar-refractivity contribution in [2.24, 2.45) is 0 Å². The Balaban J connectivity index is 1.48. The fourth-order valence-electron chi connectivity index (χ4n) is 3.16. The average Bonchev–Trinajstić information content (AvgIpc) is 3.46. The average molecular weight is 415 g/mol. The molecule has 146 valence electrons. The van der Waals surface area contributed by atoms with Crippen LogP contribution in [0, 0.1) is 5.82 Å². The molecule has 5 nitrogen and oxygen atoms in total. The Hall–Kier alpha value is -3.84. The lowest BCUT2D eigenvalue weighted by Crippen LogP contribution is -2.13. The van der Waals surface area contributed by atoms with Gasteiger partial charge in [-0.05, 0) is 48.5 Å². The van der Waals surface area contributed by atoms with E-state index in [0.29, 0.717) is 33.4 Å². The highest BCUT2D eigenvalue weighted by atomic mass is 32.1. The molecule has 0 unspecified atom stereocenters. The second kappa shape index (κ2) is 7.53. The van der Waals surface area contributed by atoms with Gasteiger partial charge in [0.1, 0.15) is 11.5 Å². The Labute approximate surface area is 174 Å². The normalized spacial score (nSPS) is 11.0. The summed E-state index contributed by atoms with van der Waals surface area (Å²) in [6, 6.07) is 18.8. The summed E-state index contributed by atoms with van der Waals surface area (Å²) >= 11 is 1.31. The van der Waals surface area contributed by atoms with Gasteiger partial charge in [0.15, 0.2) is 10.9 Å². The van der Waals surface area contributed by atoms with Crippen molar-refractivity contribution in [1.29, 1.82) is 0 Å². The first-order chi connectivity index (χ1) is 14.7. The summed E-state index contributed by atoms with van der Waals surface area (Å²) in [6.45, 7) is 0. The number of rotatable bonds is 4. The highest BCUT2D eigenvalue weighted by Crippen LogP contribution is 2.28. The monoisotopic (exact) mass is 415 g/mol. The van der Waals surface area contributed by atoms with Crippen molar-refractivity contribution >= 4 is 33.3 Å². The van der Waals surface area contributed by atoms with Crippen molar-refractivity contribution in [1.82, 2.24) is 9.97 Å². The van der Waals surface area contributed by atoms with E-state index < -0.39 is 0 Å². The maximum atomic E-state index is 13.1. The van der Waals surface area contributed by atoms with E-state index in [0.717, 1.165) is 10.9 Å². The lowest BCUT2D eigenvalue weighted by Gasteiger charge is -2.08. The van der Waals surface area contributed by atoms with Gasteiger partial charge in [0, 0.05) is 16.3 Å². The van der Waals surface area contributed by atoms with Crippen LogP contribution in [0.1, 0.15) is 10.4 Å². The predicted octanol–water partition coefficient (Wildman–Crippen LogP) is 6.01. The number of benzene rings is 2. The van der Waals surface area contributed by atoms with Crippen LogP contribution >= 0.6 is 11.3 Å². The molecule has 0 radical (unpaired) electrons. The van der Waals surface area contributed by atoms with Crippen molar-refractivity contribution in [3.05, 3.63) is 89.8 Å². The summed E-state index contributed by atoms with van der Waals surface area (Å²) < 4.78 is 18.6. The van der Waals surface area contributed by atoms with Crippen LogP contribution in [0.25, 0.3) is 33.6 Å². The van der Waals surface area contributed by atoms with Crippen LogP contribution in [0.2, 0.25) is 0 Å². The molecule has 0 saturated heterocycles. The molecule has 0 aliphatic rings. The number of hydrogen-bond donors (Lipinski definition) is 1. The second-order valence-electron chi connectivity index (χ2n) is 6.55. The smallest absolute Gasteiger partial charge is 0.258 e. The Morgan fingerprint density at radius 2 is 1.80 bits per heavy atom. The molecule has 0 spiro atoms. The number of halogens is 1. The number of amides is 1. The highest BCUT2D eigenvalue weighted by Gasteiger charge is 2.16. The molecule has 3 aromatic heterocycles. The minimum Gasteiger partial charge on any atom is -0.463 e. The Kier molecular flexibility index (Phi) is 4.57. The number of para-hydroxylation sites is 1. The number of thiazole rings is 1. The van der Waals surface area contributed by atoms with E-state index in [-0.39, 0.29) is 11.7 Å². The molecular formula is C23H14FN3O2S. The lowest BCUT2D eigenvalue weighted by molar-refractivity contribution is 0.102. The van der Waals surface area contributed by atoms with Gasteiger partial charge in [0.2, 0.25) is 0 Å². The maximum absolute atomic E-state index is 13.1. The number of carbonyl (C=O) groups excluding carboxylic acids is 1. The summed E-state index contributed by atoms with van der Waals surface area (Å²) in [5.74, 6) is -0.0107. The number of nitrogens with zero attached hydrogens (tertiary/aromatic N) is 2. The minimum absolute atomic E-state index is 0.290. The molecule has 1 N–H and O–H groups in total. The van der Waals surface area contributed by atoms with Crippen LogP contribution in [0.3, 0.4) is 0 Å². The number of hydrogen-bond acceptors (Lipinski definition) is 5. The first-order valence-corrected chi connectivity index (χ1v) is 10.0. The third-order valence-corrected chi connectivity index (χ3v) is 5.36. The largest absolute Gasteiger partial charge is 0.463 e. The van der Waals surface area contributed by atoms with Gasteiger partial charge >= 0.3 is 0 Å². The Bertz CT molecular complexity index is 1340. The van der Waals surface area contributed by atoms with E-state index in [4.69, 9.17) is 4.42 Å². The minimum atomic E-state index is -0.306. The van der Waals surface area contributed by atoms with Gasteiger partial charge in [-0.15, -0.1) is 11.3 Å². The topological polar surface area (TPSA) is 68.0 Å². The number of pyridine rings is 1. The molecule has 0 aliphatic carbocycles. The number of carbonyl (C=O) groups is 1. The van der Waals surface area contributed by atoms with Crippen LogP contribution in [0.5, 0.6) is 0 Å². The fourth-order valence-corrected chi connectivity index (χ4v) is 3.88. The molecule has 0 atom stereocenters. The lowest BCUT2D eigenvalue weighted by atomic mass is 10.1. The number of furan rings is 1. The summed E-state index contributed by atoms with van der Waals surface area (Å²) in [7, 11) is 0. The number of aromatic nitrogens is 2. The molecule has 0 fully saturated rings. The molecule has 1 amide bonds. The van der Waals surface area contributed by atoms with Crippen molar-refractivity contribution in [2.45, 2.75) is 0 Å². The Morgan fingerprint density at radius 3 is 2.60 bits per heavy atom. The van der Waals surface area contributed by atoms with Crippen LogP contribution in [0.4, 0.5) is 9.52 Å². The first kappa shape index (κ1) is 18.2. The van der Waals surface area contributed by atoms with Gasteiger partial charge in [0.05, 0.1) is 23.0 Å². The standard InChI is InChI=1S/C23H14FN3O2S/c24-15-9-7-14(8-10-15)20-13-30-23(26-20)27-22(28)17-12-19(21-6-3-11-29-21)25-18-5-2-1-4-16(17)18/h1-13H,(H,26,27,28). The van der Waals surface area contributed by atoms with Crippen molar-refractivity contribution in [2.75, 3.05) is 5.32 Å².